The van der Waals surface area contributed by atoms with Crippen LogP contribution in [0.3, 0.4) is 0 Å². The van der Waals surface area contributed by atoms with Crippen LogP contribution in [0.15, 0.2) is 0 Å². The molecule has 3 rings (SSSR count). The third-order valence-corrected chi connectivity index (χ3v) is 3.75. The number of aromatic amines is 1. The predicted octanol–water partition coefficient (Wildman–Crippen LogP) is 0.956. The van der Waals surface area contributed by atoms with Crippen LogP contribution in [0.5, 0.6) is 0 Å². The lowest BCUT2D eigenvalue weighted by molar-refractivity contribution is 0.0958. The highest BCUT2D eigenvalue weighted by Crippen LogP contribution is 2.19. The molecule has 0 spiro atoms. The molecule has 0 bridgehead atoms. The van der Waals surface area contributed by atoms with Crippen LogP contribution in [-0.4, -0.2) is 53.8 Å². The number of anilines is 1. The molecule has 3 heterocycles. The maximum Gasteiger partial charge on any atom is 0.225 e. The molecule has 2 aliphatic rings. The summed E-state index contributed by atoms with van der Waals surface area (Å²) in [7, 11) is 0. The number of nitrogens with one attached hydrogen (secondary N) is 1. The number of morpholine rings is 1. The molecule has 6 nitrogen and oxygen atoms in total. The Bertz CT molecular complexity index is 446. The lowest BCUT2D eigenvalue weighted by atomic mass is 10.2. The number of H-pyrrole nitrogens is 1. The van der Waals surface area contributed by atoms with Crippen molar-refractivity contribution < 1.29 is 9.47 Å². The molecule has 100 valence electrons. The van der Waals surface area contributed by atoms with Gasteiger partial charge in [-0.3, -0.25) is 4.57 Å². The topological polar surface area (TPSA) is 55.3 Å². The number of aromatic nitrogens is 3. The zero-order valence-corrected chi connectivity index (χ0v) is 11.1. The molecular weight excluding hydrogens is 252 g/mol. The lowest BCUT2D eigenvalue weighted by Crippen LogP contribution is -2.38. The van der Waals surface area contributed by atoms with Gasteiger partial charge in [0, 0.05) is 19.7 Å². The number of nitrogens with zero attached hydrogens (tertiary/aromatic N) is 3. The maximum atomic E-state index is 5.67. The normalized spacial score (nSPS) is 24.7. The summed E-state index contributed by atoms with van der Waals surface area (Å²) in [5.74, 6) is 0.916. The number of hydrogen-bond donors (Lipinski definition) is 1. The van der Waals surface area contributed by atoms with E-state index >= 15 is 0 Å². The fourth-order valence-electron chi connectivity index (χ4n) is 2.47. The standard InChI is InChI=1S/C11H18N4O2S/c18-11-13-12-10(14-3-6-16-7-4-14)15(11)8-9-2-1-5-17-9/h9H,1-8H2,(H,13,18)/t9-/m0/s1. The van der Waals surface area contributed by atoms with Crippen molar-refractivity contribution in [2.45, 2.75) is 25.5 Å². The average Bonchev–Trinajstić information content (AvgIpc) is 3.03. The van der Waals surface area contributed by atoms with Crippen molar-refractivity contribution in [1.82, 2.24) is 14.8 Å². The summed E-state index contributed by atoms with van der Waals surface area (Å²) in [4.78, 5) is 2.21. The minimum Gasteiger partial charge on any atom is -0.378 e. The number of ether oxygens (including phenoxy) is 2. The van der Waals surface area contributed by atoms with E-state index in [-0.39, 0.29) is 6.10 Å². The molecule has 7 heteroatoms. The molecule has 0 aromatic carbocycles. The van der Waals surface area contributed by atoms with Crippen LogP contribution < -0.4 is 4.90 Å². The van der Waals surface area contributed by atoms with E-state index in [0.29, 0.717) is 4.77 Å². The number of hydrogen-bond acceptors (Lipinski definition) is 5. The van der Waals surface area contributed by atoms with E-state index < -0.39 is 0 Å². The molecule has 2 saturated heterocycles. The van der Waals surface area contributed by atoms with Gasteiger partial charge < -0.3 is 14.4 Å². The van der Waals surface area contributed by atoms with Gasteiger partial charge in [0.05, 0.1) is 25.9 Å². The quantitative estimate of drug-likeness (QED) is 0.829. The van der Waals surface area contributed by atoms with Gasteiger partial charge in [0.15, 0.2) is 4.77 Å². The van der Waals surface area contributed by atoms with Crippen molar-refractivity contribution in [3.05, 3.63) is 4.77 Å². The first kappa shape index (κ1) is 12.1. The number of rotatable bonds is 3. The Hall–Kier alpha value is -0.920. The third kappa shape index (κ3) is 2.43. The lowest BCUT2D eigenvalue weighted by Gasteiger charge is -2.28. The Balaban J connectivity index is 1.78. The Morgan fingerprint density at radius 2 is 2.17 bits per heavy atom. The Morgan fingerprint density at radius 1 is 1.33 bits per heavy atom. The molecule has 1 aromatic rings. The fraction of sp³-hybridized carbons (Fsp3) is 0.818. The highest BCUT2D eigenvalue weighted by atomic mass is 32.1. The molecule has 0 amide bonds. The van der Waals surface area contributed by atoms with Gasteiger partial charge in [-0.05, 0) is 25.1 Å². The second-order valence-electron chi connectivity index (χ2n) is 4.67. The van der Waals surface area contributed by atoms with Gasteiger partial charge in [-0.25, -0.2) is 5.10 Å². The summed E-state index contributed by atoms with van der Waals surface area (Å²) in [6.45, 7) is 4.89. The summed E-state index contributed by atoms with van der Waals surface area (Å²) >= 11 is 5.31. The van der Waals surface area contributed by atoms with Crippen LogP contribution in [0.25, 0.3) is 0 Å². The minimum atomic E-state index is 0.272. The summed E-state index contributed by atoms with van der Waals surface area (Å²) in [5, 5.41) is 7.23. The van der Waals surface area contributed by atoms with Crippen molar-refractivity contribution in [2.75, 3.05) is 37.8 Å². The van der Waals surface area contributed by atoms with Gasteiger partial charge >= 0.3 is 0 Å². The molecular formula is C11H18N4O2S. The molecule has 0 unspecified atom stereocenters. The van der Waals surface area contributed by atoms with Crippen LogP contribution in [0.2, 0.25) is 0 Å². The first-order valence-corrected chi connectivity index (χ1v) is 6.85. The largest absolute Gasteiger partial charge is 0.378 e. The highest BCUT2D eigenvalue weighted by Gasteiger charge is 2.22. The van der Waals surface area contributed by atoms with E-state index in [1.54, 1.807) is 0 Å². The fourth-order valence-corrected chi connectivity index (χ4v) is 2.67. The summed E-state index contributed by atoms with van der Waals surface area (Å²) in [6, 6.07) is 0. The monoisotopic (exact) mass is 270 g/mol. The summed E-state index contributed by atoms with van der Waals surface area (Å²) in [5.41, 5.74) is 0. The van der Waals surface area contributed by atoms with Gasteiger partial charge in [-0.15, -0.1) is 5.10 Å². The van der Waals surface area contributed by atoms with E-state index in [1.807, 2.05) is 0 Å². The molecule has 0 saturated carbocycles. The van der Waals surface area contributed by atoms with Crippen LogP contribution >= 0.6 is 12.2 Å². The summed E-state index contributed by atoms with van der Waals surface area (Å²) in [6.07, 6.45) is 2.52. The van der Waals surface area contributed by atoms with Crippen molar-refractivity contribution in [3.63, 3.8) is 0 Å². The summed E-state index contributed by atoms with van der Waals surface area (Å²) < 4.78 is 13.8. The van der Waals surface area contributed by atoms with Gasteiger partial charge in [0.2, 0.25) is 5.95 Å². The first-order valence-electron chi connectivity index (χ1n) is 6.44. The van der Waals surface area contributed by atoms with E-state index in [4.69, 9.17) is 21.7 Å². The molecule has 2 fully saturated rings. The van der Waals surface area contributed by atoms with Gasteiger partial charge in [0.25, 0.3) is 0 Å². The van der Waals surface area contributed by atoms with Crippen molar-refractivity contribution in [3.8, 4) is 0 Å². The van der Waals surface area contributed by atoms with Gasteiger partial charge in [-0.1, -0.05) is 0 Å². The van der Waals surface area contributed by atoms with E-state index in [2.05, 4.69) is 19.7 Å². The maximum absolute atomic E-state index is 5.67. The van der Waals surface area contributed by atoms with Crippen LogP contribution in [0.4, 0.5) is 5.95 Å². The molecule has 1 atom stereocenters. The Labute approximate surface area is 111 Å². The zero-order chi connectivity index (χ0) is 12.4. The van der Waals surface area contributed by atoms with Crippen molar-refractivity contribution in [2.24, 2.45) is 0 Å². The molecule has 1 N–H and O–H groups in total. The van der Waals surface area contributed by atoms with E-state index in [0.717, 1.165) is 58.2 Å². The van der Waals surface area contributed by atoms with E-state index in [1.165, 1.54) is 0 Å². The Morgan fingerprint density at radius 3 is 2.89 bits per heavy atom. The molecule has 0 radical (unpaired) electrons. The Kier molecular flexibility index (Phi) is 3.62. The SMILES string of the molecule is S=c1[nH]nc(N2CCOCC2)n1C[C@@H]1CCCO1. The molecule has 0 aliphatic carbocycles. The second kappa shape index (κ2) is 5.38. The zero-order valence-electron chi connectivity index (χ0n) is 10.3. The second-order valence-corrected chi connectivity index (χ2v) is 5.06. The van der Waals surface area contributed by atoms with E-state index in [9.17, 15) is 0 Å². The molecule has 1 aromatic heterocycles. The van der Waals surface area contributed by atoms with Crippen LogP contribution in [0.1, 0.15) is 12.8 Å². The third-order valence-electron chi connectivity index (χ3n) is 3.44. The van der Waals surface area contributed by atoms with Crippen molar-refractivity contribution in [1.29, 1.82) is 0 Å². The smallest absolute Gasteiger partial charge is 0.225 e. The van der Waals surface area contributed by atoms with Gasteiger partial charge in [0.1, 0.15) is 0 Å². The highest BCUT2D eigenvalue weighted by molar-refractivity contribution is 7.71. The first-order chi connectivity index (χ1) is 8.84. The van der Waals surface area contributed by atoms with Crippen LogP contribution in [-0.2, 0) is 16.0 Å². The van der Waals surface area contributed by atoms with Gasteiger partial charge in [-0.2, -0.15) is 0 Å². The molecule has 2 aliphatic heterocycles. The predicted molar refractivity (Wildman–Crippen MR) is 69.4 cm³/mol. The average molecular weight is 270 g/mol. The molecule has 18 heavy (non-hydrogen) atoms. The van der Waals surface area contributed by atoms with Crippen LogP contribution in [0, 0.1) is 4.77 Å². The van der Waals surface area contributed by atoms with Crippen molar-refractivity contribution >= 4 is 18.2 Å². The minimum absolute atomic E-state index is 0.272.